The van der Waals surface area contributed by atoms with E-state index in [0.717, 1.165) is 0 Å². The largest absolute Gasteiger partial charge is 0.476 e. The Morgan fingerprint density at radius 2 is 2.11 bits per heavy atom. The summed E-state index contributed by atoms with van der Waals surface area (Å²) in [5, 5.41) is 27.3. The lowest BCUT2D eigenvalue weighted by molar-refractivity contribution is 0.0689. The van der Waals surface area contributed by atoms with E-state index in [9.17, 15) is 9.18 Å². The number of rotatable bonds is 3. The average Bonchev–Trinajstić information content (AvgIpc) is 2.39. The number of carboxylic acids is 1. The predicted molar refractivity (Wildman–Crippen MR) is 63.4 cm³/mol. The zero-order valence-corrected chi connectivity index (χ0v) is 9.46. The van der Waals surface area contributed by atoms with Crippen LogP contribution in [0.1, 0.15) is 16.1 Å². The van der Waals surface area contributed by atoms with Gasteiger partial charge in [-0.3, -0.25) is 0 Å². The number of aromatic nitrogens is 2. The molecule has 0 saturated carbocycles. The number of benzene rings is 1. The predicted octanol–water partition coefficient (Wildman–Crippen LogP) is 1.93. The first-order valence-electron chi connectivity index (χ1n) is 5.14. The van der Waals surface area contributed by atoms with Crippen LogP contribution in [-0.4, -0.2) is 21.3 Å². The van der Waals surface area contributed by atoms with Crippen LogP contribution in [0.2, 0.25) is 0 Å². The fourth-order valence-corrected chi connectivity index (χ4v) is 1.39. The first-order chi connectivity index (χ1) is 9.11. The Morgan fingerprint density at radius 1 is 1.32 bits per heavy atom. The maximum absolute atomic E-state index is 13.3. The molecule has 0 spiro atoms. The van der Waals surface area contributed by atoms with Crippen LogP contribution in [0.3, 0.4) is 0 Å². The van der Waals surface area contributed by atoms with Crippen molar-refractivity contribution in [2.75, 3.05) is 5.32 Å². The van der Waals surface area contributed by atoms with Gasteiger partial charge < -0.3 is 10.4 Å². The molecule has 0 fully saturated rings. The Balaban J connectivity index is 2.29. The third kappa shape index (κ3) is 2.63. The molecular weight excluding hydrogens is 251 g/mol. The van der Waals surface area contributed by atoms with Gasteiger partial charge in [0, 0.05) is 0 Å². The summed E-state index contributed by atoms with van der Waals surface area (Å²) in [5.41, 5.74) is -0.114. The quantitative estimate of drug-likeness (QED) is 0.872. The monoisotopic (exact) mass is 258 g/mol. The molecule has 0 radical (unpaired) electrons. The molecule has 2 N–H and O–H groups in total. The van der Waals surface area contributed by atoms with Crippen molar-refractivity contribution in [3.05, 3.63) is 47.4 Å². The van der Waals surface area contributed by atoms with Crippen LogP contribution in [0.25, 0.3) is 0 Å². The van der Waals surface area contributed by atoms with E-state index < -0.39 is 11.8 Å². The van der Waals surface area contributed by atoms with E-state index in [-0.39, 0.29) is 22.8 Å². The second-order valence-electron chi connectivity index (χ2n) is 3.51. The molecule has 0 aliphatic rings. The van der Waals surface area contributed by atoms with Gasteiger partial charge in [-0.1, -0.05) is 6.07 Å². The second-order valence-corrected chi connectivity index (χ2v) is 3.51. The molecule has 1 heterocycles. The standard InChI is InChI=1S/C12H7FN4O2/c13-8-2-1-3-9(7(8)6-14)15-11-5-4-10(12(18)19)16-17-11/h1-5H,(H,15,17)(H,18,19). The third-order valence-corrected chi connectivity index (χ3v) is 2.27. The van der Waals surface area contributed by atoms with E-state index in [4.69, 9.17) is 10.4 Å². The Labute approximate surface area is 107 Å². The van der Waals surface area contributed by atoms with Crippen molar-refractivity contribution in [2.24, 2.45) is 0 Å². The fraction of sp³-hybridized carbons (Fsp3) is 0. The fourth-order valence-electron chi connectivity index (χ4n) is 1.39. The zero-order valence-electron chi connectivity index (χ0n) is 9.46. The van der Waals surface area contributed by atoms with Crippen LogP contribution in [0.4, 0.5) is 15.9 Å². The van der Waals surface area contributed by atoms with Gasteiger partial charge in [-0.25, -0.2) is 9.18 Å². The van der Waals surface area contributed by atoms with E-state index in [1.165, 1.54) is 30.3 Å². The molecule has 0 unspecified atom stereocenters. The minimum atomic E-state index is -1.19. The molecule has 2 aromatic rings. The average molecular weight is 258 g/mol. The van der Waals surface area contributed by atoms with Crippen molar-refractivity contribution in [3.63, 3.8) is 0 Å². The Hall–Kier alpha value is -3.01. The van der Waals surface area contributed by atoms with Crippen LogP contribution in [0, 0.1) is 17.1 Å². The van der Waals surface area contributed by atoms with E-state index >= 15 is 0 Å². The highest BCUT2D eigenvalue weighted by Gasteiger charge is 2.09. The molecule has 0 amide bonds. The number of aromatic carboxylic acids is 1. The molecular formula is C12H7FN4O2. The lowest BCUT2D eigenvalue weighted by Gasteiger charge is -2.07. The number of nitrogens with zero attached hydrogens (tertiary/aromatic N) is 3. The van der Waals surface area contributed by atoms with Gasteiger partial charge in [0.05, 0.1) is 5.69 Å². The lowest BCUT2D eigenvalue weighted by atomic mass is 10.2. The molecule has 0 aliphatic heterocycles. The van der Waals surface area contributed by atoms with Gasteiger partial charge in [-0.05, 0) is 24.3 Å². The number of anilines is 2. The van der Waals surface area contributed by atoms with Crippen molar-refractivity contribution in [1.29, 1.82) is 5.26 Å². The van der Waals surface area contributed by atoms with Crippen molar-refractivity contribution >= 4 is 17.5 Å². The smallest absolute Gasteiger partial charge is 0.356 e. The van der Waals surface area contributed by atoms with Gasteiger partial charge in [0.2, 0.25) is 0 Å². The molecule has 19 heavy (non-hydrogen) atoms. The molecule has 1 aromatic carbocycles. The third-order valence-electron chi connectivity index (χ3n) is 2.27. The lowest BCUT2D eigenvalue weighted by Crippen LogP contribution is -2.04. The van der Waals surface area contributed by atoms with E-state index in [1.54, 1.807) is 6.07 Å². The number of carboxylic acid groups (broad SMARTS) is 1. The highest BCUT2D eigenvalue weighted by Crippen LogP contribution is 2.21. The van der Waals surface area contributed by atoms with Gasteiger partial charge in [0.15, 0.2) is 11.5 Å². The molecule has 0 atom stereocenters. The summed E-state index contributed by atoms with van der Waals surface area (Å²) in [5.74, 6) is -1.63. The number of nitrogens with one attached hydrogen (secondary N) is 1. The van der Waals surface area contributed by atoms with Crippen molar-refractivity contribution < 1.29 is 14.3 Å². The first kappa shape index (κ1) is 12.4. The zero-order chi connectivity index (χ0) is 13.8. The molecule has 94 valence electrons. The van der Waals surface area contributed by atoms with Crippen LogP contribution in [0.5, 0.6) is 0 Å². The van der Waals surface area contributed by atoms with Gasteiger partial charge in [-0.2, -0.15) is 5.26 Å². The Bertz CT molecular complexity index is 664. The highest BCUT2D eigenvalue weighted by molar-refractivity contribution is 5.85. The van der Waals surface area contributed by atoms with Crippen LogP contribution in [0.15, 0.2) is 30.3 Å². The number of carbonyl (C=O) groups is 1. The number of hydrogen-bond donors (Lipinski definition) is 2. The van der Waals surface area contributed by atoms with E-state index in [2.05, 4.69) is 15.5 Å². The normalized spacial score (nSPS) is 9.68. The number of hydrogen-bond acceptors (Lipinski definition) is 5. The summed E-state index contributed by atoms with van der Waals surface area (Å²) >= 11 is 0. The highest BCUT2D eigenvalue weighted by atomic mass is 19.1. The van der Waals surface area contributed by atoms with Crippen molar-refractivity contribution in [2.45, 2.75) is 0 Å². The Morgan fingerprint density at radius 3 is 2.68 bits per heavy atom. The maximum atomic E-state index is 13.3. The summed E-state index contributed by atoms with van der Waals surface area (Å²) < 4.78 is 13.3. The van der Waals surface area contributed by atoms with Gasteiger partial charge in [0.1, 0.15) is 17.4 Å². The molecule has 1 aromatic heterocycles. The topological polar surface area (TPSA) is 98.9 Å². The minimum absolute atomic E-state index is 0.147. The number of halogens is 1. The van der Waals surface area contributed by atoms with Crippen LogP contribution < -0.4 is 5.32 Å². The maximum Gasteiger partial charge on any atom is 0.356 e. The first-order valence-corrected chi connectivity index (χ1v) is 5.14. The summed E-state index contributed by atoms with van der Waals surface area (Å²) in [7, 11) is 0. The van der Waals surface area contributed by atoms with Crippen LogP contribution in [-0.2, 0) is 0 Å². The molecule has 7 heteroatoms. The number of nitriles is 1. The van der Waals surface area contributed by atoms with Crippen molar-refractivity contribution in [3.8, 4) is 6.07 Å². The van der Waals surface area contributed by atoms with Gasteiger partial charge >= 0.3 is 5.97 Å². The van der Waals surface area contributed by atoms with Gasteiger partial charge in [0.25, 0.3) is 0 Å². The molecule has 0 bridgehead atoms. The molecule has 2 rings (SSSR count). The summed E-state index contributed by atoms with van der Waals surface area (Å²) in [6.45, 7) is 0. The Kier molecular flexibility index (Phi) is 3.34. The summed E-state index contributed by atoms with van der Waals surface area (Å²) in [4.78, 5) is 10.6. The van der Waals surface area contributed by atoms with Crippen molar-refractivity contribution in [1.82, 2.24) is 10.2 Å². The van der Waals surface area contributed by atoms with E-state index in [1.807, 2.05) is 0 Å². The molecule has 0 saturated heterocycles. The minimum Gasteiger partial charge on any atom is -0.476 e. The van der Waals surface area contributed by atoms with Gasteiger partial charge in [-0.15, -0.1) is 10.2 Å². The second kappa shape index (κ2) is 5.10. The summed E-state index contributed by atoms with van der Waals surface area (Å²) in [6, 6.07) is 8.48. The van der Waals surface area contributed by atoms with E-state index in [0.29, 0.717) is 0 Å². The SMILES string of the molecule is N#Cc1c(F)cccc1Nc1ccc(C(=O)O)nn1. The molecule has 6 nitrogen and oxygen atoms in total. The molecule has 0 aliphatic carbocycles. The summed E-state index contributed by atoms with van der Waals surface area (Å²) in [6.07, 6.45) is 0. The van der Waals surface area contributed by atoms with Crippen LogP contribution >= 0.6 is 0 Å².